The molecule has 0 saturated carbocycles. The van der Waals surface area contributed by atoms with Gasteiger partial charge in [-0.25, -0.2) is 0 Å². The molecule has 2 rings (SSSR count). The van der Waals surface area contributed by atoms with Crippen molar-refractivity contribution in [1.29, 1.82) is 0 Å². The van der Waals surface area contributed by atoms with E-state index in [-0.39, 0.29) is 10.2 Å². The summed E-state index contributed by atoms with van der Waals surface area (Å²) < 4.78 is 38.8. The largest absolute Gasteiger partial charge is 0.417 e. The van der Waals surface area contributed by atoms with E-state index in [1.807, 2.05) is 0 Å². The van der Waals surface area contributed by atoms with Gasteiger partial charge in [-0.15, -0.1) is 0 Å². The van der Waals surface area contributed by atoms with Gasteiger partial charge in [-0.2, -0.15) is 13.2 Å². The predicted molar refractivity (Wildman–Crippen MR) is 96.5 cm³/mol. The van der Waals surface area contributed by atoms with E-state index < -0.39 is 53.7 Å². The number of hydrogen-bond donors (Lipinski definition) is 1. The highest BCUT2D eigenvalue weighted by Crippen LogP contribution is 2.45. The first-order chi connectivity index (χ1) is 12.8. The minimum Gasteiger partial charge on any atom is -0.343 e. The Bertz CT molecular complexity index is 979. The van der Waals surface area contributed by atoms with Gasteiger partial charge < -0.3 is 5.32 Å². The molecule has 0 fully saturated rings. The molecule has 0 heterocycles. The lowest BCUT2D eigenvalue weighted by Gasteiger charge is -2.15. The quantitative estimate of drug-likeness (QED) is 0.386. The highest BCUT2D eigenvalue weighted by atomic mass is 79.9. The molecule has 0 aromatic heterocycles. The van der Waals surface area contributed by atoms with Gasteiger partial charge >= 0.3 is 17.6 Å². The van der Waals surface area contributed by atoms with Crippen molar-refractivity contribution in [3.63, 3.8) is 0 Å². The average molecular weight is 530 g/mol. The Morgan fingerprint density at radius 3 is 1.75 bits per heavy atom. The van der Waals surface area contributed by atoms with Crippen molar-refractivity contribution < 1.29 is 27.9 Å². The molecule has 15 heteroatoms. The number of benzene rings is 2. The van der Waals surface area contributed by atoms with Crippen LogP contribution in [0.2, 0.25) is 0 Å². The first kappa shape index (κ1) is 21.5. The molecular weight excluding hydrogens is 525 g/mol. The molecule has 1 N–H and O–H groups in total. The van der Waals surface area contributed by atoms with Gasteiger partial charge in [0, 0.05) is 4.47 Å². The van der Waals surface area contributed by atoms with Gasteiger partial charge in [0.05, 0.1) is 42.6 Å². The number of nitro benzene ring substituents is 3. The smallest absolute Gasteiger partial charge is 0.343 e. The highest BCUT2D eigenvalue weighted by Gasteiger charge is 2.36. The van der Waals surface area contributed by atoms with E-state index in [1.54, 1.807) is 0 Å². The van der Waals surface area contributed by atoms with Gasteiger partial charge in [0.2, 0.25) is 0 Å². The molecule has 2 aromatic carbocycles. The highest BCUT2D eigenvalue weighted by molar-refractivity contribution is 9.11. The third-order valence-corrected chi connectivity index (χ3v) is 4.60. The van der Waals surface area contributed by atoms with Crippen LogP contribution < -0.4 is 5.32 Å². The van der Waals surface area contributed by atoms with E-state index in [1.165, 1.54) is 0 Å². The van der Waals surface area contributed by atoms with Crippen molar-refractivity contribution in [2.45, 2.75) is 6.18 Å². The van der Waals surface area contributed by atoms with Gasteiger partial charge in [-0.3, -0.25) is 30.3 Å². The molecule has 0 bridgehead atoms. The Morgan fingerprint density at radius 1 is 0.857 bits per heavy atom. The monoisotopic (exact) mass is 528 g/mol. The van der Waals surface area contributed by atoms with Crippen molar-refractivity contribution in [1.82, 2.24) is 0 Å². The number of nitro groups is 3. The molecule has 2 aromatic rings. The first-order valence-corrected chi connectivity index (χ1v) is 8.36. The molecule has 28 heavy (non-hydrogen) atoms. The number of alkyl halides is 3. The summed E-state index contributed by atoms with van der Waals surface area (Å²) in [5, 5.41) is 35.6. The van der Waals surface area contributed by atoms with Crippen LogP contribution in [-0.4, -0.2) is 14.8 Å². The van der Waals surface area contributed by atoms with Crippen LogP contribution in [0.5, 0.6) is 0 Å². The van der Waals surface area contributed by atoms with Crippen LogP contribution in [0.3, 0.4) is 0 Å². The van der Waals surface area contributed by atoms with Crippen molar-refractivity contribution in [3.8, 4) is 0 Å². The number of anilines is 2. The summed E-state index contributed by atoms with van der Waals surface area (Å²) in [5.74, 6) is 0. The average Bonchev–Trinajstić information content (AvgIpc) is 2.56. The van der Waals surface area contributed by atoms with E-state index in [9.17, 15) is 43.5 Å². The van der Waals surface area contributed by atoms with E-state index in [0.29, 0.717) is 12.1 Å². The molecule has 0 saturated heterocycles. The fourth-order valence-corrected chi connectivity index (χ4v) is 3.15. The van der Waals surface area contributed by atoms with Crippen LogP contribution in [0, 0.1) is 30.3 Å². The van der Waals surface area contributed by atoms with E-state index in [2.05, 4.69) is 37.2 Å². The maximum absolute atomic E-state index is 13.1. The van der Waals surface area contributed by atoms with Gasteiger partial charge in [0.1, 0.15) is 0 Å². The lowest BCUT2D eigenvalue weighted by molar-refractivity contribution is -0.401. The van der Waals surface area contributed by atoms with Gasteiger partial charge in [-0.1, -0.05) is 15.9 Å². The Labute approximate surface area is 169 Å². The van der Waals surface area contributed by atoms with Crippen LogP contribution in [0.4, 0.5) is 41.6 Å². The van der Waals surface area contributed by atoms with Gasteiger partial charge in [-0.05, 0) is 28.1 Å². The SMILES string of the molecule is O=[N+]([O-])c1cc([N+](=O)[O-])c(Nc2cc(Br)cc(C(F)(F)F)c2Br)c([N+](=O)[O-])c1. The normalized spacial score (nSPS) is 11.2. The second-order valence-corrected chi connectivity index (χ2v) is 6.78. The molecular formula is C13H5Br2F3N4O6. The second kappa shape index (κ2) is 7.67. The van der Waals surface area contributed by atoms with E-state index >= 15 is 0 Å². The summed E-state index contributed by atoms with van der Waals surface area (Å²) in [7, 11) is 0. The zero-order chi connectivity index (χ0) is 21.4. The Morgan fingerprint density at radius 2 is 1.36 bits per heavy atom. The molecule has 0 radical (unpaired) electrons. The van der Waals surface area contributed by atoms with Gasteiger partial charge in [0.25, 0.3) is 5.69 Å². The maximum atomic E-state index is 13.1. The van der Waals surface area contributed by atoms with Crippen molar-refractivity contribution in [3.05, 3.63) is 69.1 Å². The Balaban J connectivity index is 2.76. The van der Waals surface area contributed by atoms with Crippen LogP contribution >= 0.6 is 31.9 Å². The molecule has 0 spiro atoms. The van der Waals surface area contributed by atoms with E-state index in [0.717, 1.165) is 12.1 Å². The summed E-state index contributed by atoms with van der Waals surface area (Å²) in [6.45, 7) is 0. The lowest BCUT2D eigenvalue weighted by Crippen LogP contribution is -2.09. The Hall–Kier alpha value is -2.81. The molecule has 0 aliphatic rings. The molecule has 0 atom stereocenters. The summed E-state index contributed by atoms with van der Waals surface area (Å²) in [6.07, 6.45) is -4.80. The third-order valence-electron chi connectivity index (χ3n) is 3.29. The minimum absolute atomic E-state index is 0.0715. The topological polar surface area (TPSA) is 141 Å². The first-order valence-electron chi connectivity index (χ1n) is 6.77. The summed E-state index contributed by atoms with van der Waals surface area (Å²) in [4.78, 5) is 30.1. The zero-order valence-electron chi connectivity index (χ0n) is 13.0. The molecule has 0 aliphatic heterocycles. The standard InChI is InChI=1S/C13H5Br2F3N4O6/c14-5-1-7(13(16,17)18)11(15)8(2-5)19-12-9(21(25)26)3-6(20(23)24)4-10(12)22(27)28/h1-4,19H. The molecule has 148 valence electrons. The fraction of sp³-hybridized carbons (Fsp3) is 0.0769. The molecule has 0 aliphatic carbocycles. The minimum atomic E-state index is -4.80. The van der Waals surface area contributed by atoms with Crippen molar-refractivity contribution >= 4 is 60.3 Å². The van der Waals surface area contributed by atoms with Crippen molar-refractivity contribution in [2.75, 3.05) is 5.32 Å². The van der Waals surface area contributed by atoms with Crippen LogP contribution in [0.1, 0.15) is 5.56 Å². The molecule has 10 nitrogen and oxygen atoms in total. The zero-order valence-corrected chi connectivity index (χ0v) is 16.2. The fourth-order valence-electron chi connectivity index (χ4n) is 2.14. The number of non-ortho nitro benzene ring substituents is 1. The molecule has 0 unspecified atom stereocenters. The third kappa shape index (κ3) is 4.36. The lowest BCUT2D eigenvalue weighted by atomic mass is 10.1. The number of rotatable bonds is 5. The number of hydrogen-bond acceptors (Lipinski definition) is 7. The maximum Gasteiger partial charge on any atom is 0.417 e. The van der Waals surface area contributed by atoms with Crippen LogP contribution in [0.25, 0.3) is 0 Å². The van der Waals surface area contributed by atoms with Gasteiger partial charge in [0.15, 0.2) is 5.69 Å². The summed E-state index contributed by atoms with van der Waals surface area (Å²) in [5.41, 5.74) is -5.39. The summed E-state index contributed by atoms with van der Waals surface area (Å²) in [6, 6.07) is 2.75. The predicted octanol–water partition coefficient (Wildman–Crippen LogP) is 5.70. The van der Waals surface area contributed by atoms with Crippen LogP contribution in [0.15, 0.2) is 33.2 Å². The number of halogens is 5. The Kier molecular flexibility index (Phi) is 5.88. The van der Waals surface area contributed by atoms with E-state index in [4.69, 9.17) is 0 Å². The second-order valence-electron chi connectivity index (χ2n) is 5.07. The number of nitrogens with one attached hydrogen (secondary N) is 1. The summed E-state index contributed by atoms with van der Waals surface area (Å²) >= 11 is 5.58. The van der Waals surface area contributed by atoms with Crippen LogP contribution in [-0.2, 0) is 6.18 Å². The van der Waals surface area contributed by atoms with Crippen molar-refractivity contribution in [2.24, 2.45) is 0 Å². The number of nitrogens with zero attached hydrogens (tertiary/aromatic N) is 3. The molecule has 0 amide bonds.